The van der Waals surface area contributed by atoms with Crippen LogP contribution in [0.2, 0.25) is 0 Å². The smallest absolute Gasteiger partial charge is 0.315 e. The van der Waals surface area contributed by atoms with Gasteiger partial charge in [-0.1, -0.05) is 37.1 Å². The maximum Gasteiger partial charge on any atom is 0.315 e. The maximum absolute atomic E-state index is 11.9. The van der Waals surface area contributed by atoms with E-state index in [1.54, 1.807) is 0 Å². The van der Waals surface area contributed by atoms with Crippen molar-refractivity contribution >= 4 is 6.03 Å². The van der Waals surface area contributed by atoms with E-state index in [9.17, 15) is 9.90 Å². The Bertz CT molecular complexity index is 511. The third kappa shape index (κ3) is 3.56. The van der Waals surface area contributed by atoms with Crippen molar-refractivity contribution in [1.29, 1.82) is 0 Å². The highest BCUT2D eigenvalue weighted by atomic mass is 16.3. The number of fused-ring (bicyclic) bond motifs is 1. The number of rotatable bonds is 3. The van der Waals surface area contributed by atoms with E-state index < -0.39 is 5.60 Å². The molecule has 0 bridgehead atoms. The van der Waals surface area contributed by atoms with Gasteiger partial charge < -0.3 is 15.7 Å². The molecule has 21 heavy (non-hydrogen) atoms. The summed E-state index contributed by atoms with van der Waals surface area (Å²) in [6, 6.07) is 8.40. The van der Waals surface area contributed by atoms with E-state index in [2.05, 4.69) is 22.8 Å². The molecule has 0 spiro atoms. The Hall–Kier alpha value is -1.55. The van der Waals surface area contributed by atoms with Crippen LogP contribution in [0.15, 0.2) is 24.3 Å². The second-order valence-electron chi connectivity index (χ2n) is 6.48. The summed E-state index contributed by atoms with van der Waals surface area (Å²) >= 11 is 0. The van der Waals surface area contributed by atoms with Crippen LogP contribution in [0, 0.1) is 0 Å². The summed E-state index contributed by atoms with van der Waals surface area (Å²) in [7, 11) is 0. The minimum Gasteiger partial charge on any atom is -0.388 e. The minimum absolute atomic E-state index is 0.144. The van der Waals surface area contributed by atoms with Gasteiger partial charge in [0, 0.05) is 19.0 Å². The molecule has 2 amide bonds. The average molecular weight is 288 g/mol. The fraction of sp³-hybridized carbons (Fsp3) is 0.588. The molecule has 0 saturated heterocycles. The Morgan fingerprint density at radius 2 is 1.95 bits per heavy atom. The quantitative estimate of drug-likeness (QED) is 0.798. The van der Waals surface area contributed by atoms with Crippen molar-refractivity contribution in [2.24, 2.45) is 0 Å². The highest BCUT2D eigenvalue weighted by molar-refractivity contribution is 5.74. The fourth-order valence-corrected chi connectivity index (χ4v) is 3.49. The summed E-state index contributed by atoms with van der Waals surface area (Å²) in [6.07, 6.45) is 6.74. The lowest BCUT2D eigenvalue weighted by atomic mass is 9.80. The highest BCUT2D eigenvalue weighted by Crippen LogP contribution is 2.28. The standard InChI is InChI=1S/C17H24N2O2/c20-16(19-15-7-3-4-8-15)18-12-17(21)10-9-13-5-1-2-6-14(13)11-17/h1-2,5-6,15,21H,3-4,7-12H2,(H2,18,19,20)/t17-/m1/s1. The third-order valence-electron chi connectivity index (χ3n) is 4.77. The molecule has 2 aliphatic rings. The Morgan fingerprint density at radius 3 is 2.71 bits per heavy atom. The number of carbonyl (C=O) groups excluding carboxylic acids is 1. The monoisotopic (exact) mass is 288 g/mol. The number of carbonyl (C=O) groups is 1. The molecule has 3 rings (SSSR count). The predicted molar refractivity (Wildman–Crippen MR) is 82.2 cm³/mol. The zero-order valence-corrected chi connectivity index (χ0v) is 12.4. The molecule has 1 fully saturated rings. The van der Waals surface area contributed by atoms with E-state index in [-0.39, 0.29) is 6.03 Å². The Morgan fingerprint density at radius 1 is 1.24 bits per heavy atom. The number of nitrogens with one attached hydrogen (secondary N) is 2. The van der Waals surface area contributed by atoms with Gasteiger partial charge in [0.15, 0.2) is 0 Å². The second-order valence-corrected chi connectivity index (χ2v) is 6.48. The summed E-state index contributed by atoms with van der Waals surface area (Å²) in [5, 5.41) is 16.5. The average Bonchev–Trinajstić information content (AvgIpc) is 2.98. The van der Waals surface area contributed by atoms with Crippen LogP contribution in [0.5, 0.6) is 0 Å². The molecule has 0 radical (unpaired) electrons. The van der Waals surface area contributed by atoms with Crippen LogP contribution in [0.1, 0.15) is 43.2 Å². The summed E-state index contributed by atoms with van der Waals surface area (Å²) < 4.78 is 0. The minimum atomic E-state index is -0.818. The zero-order chi connectivity index (χ0) is 14.7. The lowest BCUT2D eigenvalue weighted by Gasteiger charge is -2.33. The molecule has 0 aliphatic heterocycles. The van der Waals surface area contributed by atoms with Crippen LogP contribution in [0.4, 0.5) is 4.79 Å². The van der Waals surface area contributed by atoms with Crippen LogP contribution in [0.3, 0.4) is 0 Å². The fourth-order valence-electron chi connectivity index (χ4n) is 3.49. The van der Waals surface area contributed by atoms with E-state index in [0.717, 1.165) is 19.3 Å². The predicted octanol–water partition coefficient (Wildman–Crippen LogP) is 2.15. The van der Waals surface area contributed by atoms with Gasteiger partial charge in [0.1, 0.15) is 0 Å². The van der Waals surface area contributed by atoms with E-state index in [1.807, 2.05) is 12.1 Å². The van der Waals surface area contributed by atoms with E-state index in [4.69, 9.17) is 0 Å². The van der Waals surface area contributed by atoms with Crippen LogP contribution in [-0.4, -0.2) is 29.3 Å². The van der Waals surface area contributed by atoms with Crippen molar-refractivity contribution in [3.8, 4) is 0 Å². The van der Waals surface area contributed by atoms with Gasteiger partial charge in [0.25, 0.3) is 0 Å². The molecule has 0 aromatic heterocycles. The van der Waals surface area contributed by atoms with E-state index >= 15 is 0 Å². The van der Waals surface area contributed by atoms with Gasteiger partial charge in [-0.05, 0) is 36.8 Å². The van der Waals surface area contributed by atoms with Gasteiger partial charge in [-0.2, -0.15) is 0 Å². The zero-order valence-electron chi connectivity index (χ0n) is 12.4. The second kappa shape index (κ2) is 6.06. The lowest BCUT2D eigenvalue weighted by Crippen LogP contribution is -2.50. The molecule has 1 atom stereocenters. The molecule has 3 N–H and O–H groups in total. The van der Waals surface area contributed by atoms with Crippen molar-refractivity contribution in [2.75, 3.05) is 6.54 Å². The van der Waals surface area contributed by atoms with Crippen LogP contribution < -0.4 is 10.6 Å². The van der Waals surface area contributed by atoms with E-state index in [1.165, 1.54) is 24.0 Å². The third-order valence-corrected chi connectivity index (χ3v) is 4.77. The number of hydrogen-bond acceptors (Lipinski definition) is 2. The number of amides is 2. The molecular weight excluding hydrogens is 264 g/mol. The maximum atomic E-state index is 11.9. The normalized spacial score (nSPS) is 25.4. The summed E-state index contributed by atoms with van der Waals surface area (Å²) in [5.41, 5.74) is 1.70. The van der Waals surface area contributed by atoms with Crippen molar-refractivity contribution in [3.05, 3.63) is 35.4 Å². The van der Waals surface area contributed by atoms with Crippen LogP contribution in [-0.2, 0) is 12.8 Å². The van der Waals surface area contributed by atoms with Gasteiger partial charge in [-0.25, -0.2) is 4.79 Å². The van der Waals surface area contributed by atoms with Crippen LogP contribution in [0.25, 0.3) is 0 Å². The van der Waals surface area contributed by atoms with Gasteiger partial charge in [0.05, 0.1) is 5.60 Å². The van der Waals surface area contributed by atoms with Crippen LogP contribution >= 0.6 is 0 Å². The molecule has 4 nitrogen and oxygen atoms in total. The Kier molecular flexibility index (Phi) is 4.15. The number of aliphatic hydroxyl groups is 1. The first-order valence-electron chi connectivity index (χ1n) is 7.98. The first kappa shape index (κ1) is 14.4. The van der Waals surface area contributed by atoms with Crippen molar-refractivity contribution in [3.63, 3.8) is 0 Å². The molecule has 0 heterocycles. The molecule has 114 valence electrons. The molecule has 2 aliphatic carbocycles. The first-order valence-corrected chi connectivity index (χ1v) is 7.98. The Balaban J connectivity index is 1.51. The molecule has 4 heteroatoms. The molecule has 1 aromatic carbocycles. The highest BCUT2D eigenvalue weighted by Gasteiger charge is 2.32. The van der Waals surface area contributed by atoms with E-state index in [0.29, 0.717) is 25.4 Å². The van der Waals surface area contributed by atoms with Gasteiger partial charge in [-0.15, -0.1) is 0 Å². The topological polar surface area (TPSA) is 61.4 Å². The lowest BCUT2D eigenvalue weighted by molar-refractivity contribution is 0.0290. The Labute approximate surface area is 125 Å². The molecule has 1 aromatic rings. The number of benzene rings is 1. The number of urea groups is 1. The van der Waals surface area contributed by atoms with Crippen molar-refractivity contribution in [2.45, 2.75) is 56.6 Å². The molecule has 0 unspecified atom stereocenters. The summed E-state index contributed by atoms with van der Waals surface area (Å²) in [4.78, 5) is 11.9. The van der Waals surface area contributed by atoms with Gasteiger partial charge >= 0.3 is 6.03 Å². The van der Waals surface area contributed by atoms with Crippen molar-refractivity contribution in [1.82, 2.24) is 10.6 Å². The first-order chi connectivity index (χ1) is 10.1. The largest absolute Gasteiger partial charge is 0.388 e. The summed E-state index contributed by atoms with van der Waals surface area (Å²) in [6.45, 7) is 0.319. The van der Waals surface area contributed by atoms with Gasteiger partial charge in [-0.3, -0.25) is 0 Å². The molecule has 1 saturated carbocycles. The van der Waals surface area contributed by atoms with Crippen molar-refractivity contribution < 1.29 is 9.90 Å². The van der Waals surface area contributed by atoms with Gasteiger partial charge in [0.2, 0.25) is 0 Å². The number of hydrogen-bond donors (Lipinski definition) is 3. The molecular formula is C17H24N2O2. The SMILES string of the molecule is O=C(NC[C@@]1(O)CCc2ccccc2C1)NC1CCCC1. The summed E-state index contributed by atoms with van der Waals surface area (Å²) in [5.74, 6) is 0. The number of aryl methyl sites for hydroxylation is 1.